The highest BCUT2D eigenvalue weighted by Crippen LogP contribution is 2.40. The first kappa shape index (κ1) is 22.9. The fourth-order valence-corrected chi connectivity index (χ4v) is 5.36. The van der Waals surface area contributed by atoms with Gasteiger partial charge in [0, 0.05) is 33.5 Å². The van der Waals surface area contributed by atoms with E-state index >= 15 is 0 Å². The lowest BCUT2D eigenvalue weighted by Gasteiger charge is -2.13. The maximum atomic E-state index is 11.3. The van der Waals surface area contributed by atoms with Crippen molar-refractivity contribution in [2.24, 2.45) is 0 Å². The second kappa shape index (κ2) is 9.26. The van der Waals surface area contributed by atoms with Crippen molar-refractivity contribution < 1.29 is 5.11 Å². The van der Waals surface area contributed by atoms with Crippen LogP contribution in [0.4, 0.5) is 0 Å². The van der Waals surface area contributed by atoms with E-state index in [1.165, 1.54) is 0 Å². The molecule has 0 saturated carbocycles. The molecule has 0 atom stereocenters. The zero-order chi connectivity index (χ0) is 26.3. The van der Waals surface area contributed by atoms with Crippen LogP contribution in [0.25, 0.3) is 61.4 Å². The lowest BCUT2D eigenvalue weighted by Crippen LogP contribution is -2.04. The minimum absolute atomic E-state index is 0.225. The quantitative estimate of drug-likeness (QED) is 0.262. The van der Waals surface area contributed by atoms with Crippen LogP contribution in [-0.4, -0.2) is 19.6 Å². The number of nitrogens with zero attached hydrogens (tertiary/aromatic N) is 3. The highest BCUT2D eigenvalue weighted by Gasteiger charge is 2.19. The Balaban J connectivity index is 1.54. The van der Waals surface area contributed by atoms with Gasteiger partial charge in [-0.15, -0.1) is 0 Å². The van der Waals surface area contributed by atoms with E-state index in [1.807, 2.05) is 78.9 Å². The van der Waals surface area contributed by atoms with Crippen molar-refractivity contribution in [2.75, 3.05) is 0 Å². The van der Waals surface area contributed by atoms with Gasteiger partial charge in [-0.2, -0.15) is 0 Å². The molecule has 0 spiro atoms. The molecule has 0 fully saturated rings. The number of para-hydroxylation sites is 1. The molecule has 39 heavy (non-hydrogen) atoms. The predicted molar refractivity (Wildman–Crippen MR) is 159 cm³/mol. The monoisotopic (exact) mass is 503 g/mol. The van der Waals surface area contributed by atoms with Crippen molar-refractivity contribution in [3.05, 3.63) is 133 Å². The molecule has 4 nitrogen and oxygen atoms in total. The van der Waals surface area contributed by atoms with Gasteiger partial charge < -0.3 is 5.11 Å². The first-order valence-corrected chi connectivity index (χ1v) is 13.0. The Kier molecular flexibility index (Phi) is 5.45. The van der Waals surface area contributed by atoms with Gasteiger partial charge in [0.1, 0.15) is 5.75 Å². The summed E-state index contributed by atoms with van der Waals surface area (Å²) < 4.78 is 2.06. The normalized spacial score (nSPS) is 11.3. The molecular weight excluding hydrogens is 478 g/mol. The minimum atomic E-state index is 0.225. The molecule has 7 rings (SSSR count). The standard InChI is InChI=1S/C35H25N3O/c1-23-12-8-9-17-26(23)29-20-28-27-18-10-11-19-32(27)38(33(28)22-34(29)39)35-36-30(24-13-4-2-5-14-24)21-31(37-35)25-15-6-3-7-16-25/h2-22,39H,1H3. The van der Waals surface area contributed by atoms with E-state index in [9.17, 15) is 5.11 Å². The van der Waals surface area contributed by atoms with Gasteiger partial charge in [-0.05, 0) is 36.2 Å². The molecular formula is C35H25N3O. The van der Waals surface area contributed by atoms with Crippen molar-refractivity contribution >= 4 is 21.8 Å². The van der Waals surface area contributed by atoms with Crippen LogP contribution in [0.2, 0.25) is 0 Å². The molecule has 4 heteroatoms. The Morgan fingerprint density at radius 1 is 0.538 bits per heavy atom. The van der Waals surface area contributed by atoms with Gasteiger partial charge >= 0.3 is 0 Å². The second-order valence-electron chi connectivity index (χ2n) is 9.72. The van der Waals surface area contributed by atoms with Crippen LogP contribution in [0, 0.1) is 6.92 Å². The number of hydrogen-bond acceptors (Lipinski definition) is 3. The molecule has 0 aliphatic heterocycles. The number of aromatic hydroxyl groups is 1. The number of phenols is 1. The van der Waals surface area contributed by atoms with Gasteiger partial charge in [-0.1, -0.05) is 103 Å². The Morgan fingerprint density at radius 3 is 1.79 bits per heavy atom. The van der Waals surface area contributed by atoms with E-state index in [2.05, 4.69) is 60.0 Å². The molecule has 0 unspecified atom stereocenters. The third-order valence-electron chi connectivity index (χ3n) is 7.28. The molecule has 2 aromatic heterocycles. The summed E-state index contributed by atoms with van der Waals surface area (Å²) in [5, 5.41) is 13.4. The summed E-state index contributed by atoms with van der Waals surface area (Å²) in [6.45, 7) is 2.07. The fourth-order valence-electron chi connectivity index (χ4n) is 5.36. The number of aromatic nitrogens is 3. The van der Waals surface area contributed by atoms with Gasteiger partial charge in [0.05, 0.1) is 22.4 Å². The summed E-state index contributed by atoms with van der Waals surface area (Å²) in [6.07, 6.45) is 0. The van der Waals surface area contributed by atoms with Crippen molar-refractivity contribution in [1.82, 2.24) is 14.5 Å². The van der Waals surface area contributed by atoms with Crippen molar-refractivity contribution in [3.63, 3.8) is 0 Å². The van der Waals surface area contributed by atoms with Crippen LogP contribution in [0.1, 0.15) is 5.56 Å². The molecule has 0 bridgehead atoms. The average molecular weight is 504 g/mol. The molecule has 0 aliphatic carbocycles. The number of phenolic OH excluding ortho intramolecular Hbond substituents is 1. The van der Waals surface area contributed by atoms with Crippen molar-refractivity contribution in [3.8, 4) is 45.3 Å². The van der Waals surface area contributed by atoms with E-state index in [0.29, 0.717) is 5.95 Å². The maximum absolute atomic E-state index is 11.3. The summed E-state index contributed by atoms with van der Waals surface area (Å²) in [6, 6.07) is 42.7. The largest absolute Gasteiger partial charge is 0.507 e. The third kappa shape index (κ3) is 3.94. The zero-order valence-electron chi connectivity index (χ0n) is 21.4. The highest BCUT2D eigenvalue weighted by atomic mass is 16.3. The van der Waals surface area contributed by atoms with Gasteiger partial charge in [0.15, 0.2) is 0 Å². The molecule has 0 aliphatic rings. The summed E-state index contributed by atoms with van der Waals surface area (Å²) in [7, 11) is 0. The molecule has 0 saturated heterocycles. The van der Waals surface area contributed by atoms with E-state index < -0.39 is 0 Å². The van der Waals surface area contributed by atoms with Crippen LogP contribution < -0.4 is 0 Å². The molecule has 0 amide bonds. The van der Waals surface area contributed by atoms with E-state index in [1.54, 1.807) is 0 Å². The Bertz CT molecular complexity index is 1920. The molecule has 0 radical (unpaired) electrons. The van der Waals surface area contributed by atoms with Crippen LogP contribution in [0.3, 0.4) is 0 Å². The smallest absolute Gasteiger partial charge is 0.235 e. The van der Waals surface area contributed by atoms with Crippen LogP contribution in [0.5, 0.6) is 5.75 Å². The van der Waals surface area contributed by atoms with Crippen LogP contribution >= 0.6 is 0 Å². The lowest BCUT2D eigenvalue weighted by atomic mass is 9.98. The van der Waals surface area contributed by atoms with Crippen molar-refractivity contribution in [2.45, 2.75) is 6.92 Å². The summed E-state index contributed by atoms with van der Waals surface area (Å²) in [5.41, 5.74) is 8.50. The van der Waals surface area contributed by atoms with Gasteiger partial charge in [-0.3, -0.25) is 4.57 Å². The number of benzene rings is 5. The second-order valence-corrected chi connectivity index (χ2v) is 9.72. The molecule has 186 valence electrons. The predicted octanol–water partition coefficient (Wildman–Crippen LogP) is 8.59. The van der Waals surface area contributed by atoms with E-state index in [-0.39, 0.29) is 5.75 Å². The van der Waals surface area contributed by atoms with Crippen LogP contribution in [0.15, 0.2) is 127 Å². The summed E-state index contributed by atoms with van der Waals surface area (Å²) in [4.78, 5) is 10.1. The topological polar surface area (TPSA) is 50.9 Å². The average Bonchev–Trinajstić information content (AvgIpc) is 3.31. The highest BCUT2D eigenvalue weighted by molar-refractivity contribution is 6.11. The fraction of sp³-hybridized carbons (Fsp3) is 0.0286. The summed E-state index contributed by atoms with van der Waals surface area (Å²) in [5.74, 6) is 0.785. The molecule has 2 heterocycles. The number of hydrogen-bond donors (Lipinski definition) is 1. The Hall–Kier alpha value is -5.22. The minimum Gasteiger partial charge on any atom is -0.507 e. The Morgan fingerprint density at radius 2 is 1.13 bits per heavy atom. The first-order chi connectivity index (χ1) is 19.2. The Labute approximate surface area is 226 Å². The van der Waals surface area contributed by atoms with Gasteiger partial charge in [-0.25, -0.2) is 9.97 Å². The van der Waals surface area contributed by atoms with E-state index in [4.69, 9.17) is 9.97 Å². The van der Waals surface area contributed by atoms with Gasteiger partial charge in [0.2, 0.25) is 5.95 Å². The van der Waals surface area contributed by atoms with Crippen LogP contribution in [-0.2, 0) is 0 Å². The zero-order valence-corrected chi connectivity index (χ0v) is 21.4. The summed E-state index contributed by atoms with van der Waals surface area (Å²) >= 11 is 0. The third-order valence-corrected chi connectivity index (χ3v) is 7.28. The van der Waals surface area contributed by atoms with Crippen molar-refractivity contribution in [1.29, 1.82) is 0 Å². The maximum Gasteiger partial charge on any atom is 0.235 e. The first-order valence-electron chi connectivity index (χ1n) is 13.0. The number of fused-ring (bicyclic) bond motifs is 3. The SMILES string of the molecule is Cc1ccccc1-c1cc2c3ccccc3n(-c3nc(-c4ccccc4)cc(-c4ccccc4)n3)c2cc1O. The number of aryl methyl sites for hydroxylation is 1. The van der Waals surface area contributed by atoms with E-state index in [0.717, 1.165) is 61.0 Å². The molecule has 5 aromatic carbocycles. The molecule has 1 N–H and O–H groups in total. The number of rotatable bonds is 4. The lowest BCUT2D eigenvalue weighted by molar-refractivity contribution is 0.478. The molecule has 7 aromatic rings. The van der Waals surface area contributed by atoms with Gasteiger partial charge in [0.25, 0.3) is 0 Å².